The average molecular weight is 245 g/mol. The molecule has 1 aromatic rings. The van der Waals surface area contributed by atoms with Crippen molar-refractivity contribution >= 4 is 17.6 Å². The fourth-order valence-corrected chi connectivity index (χ4v) is 1.78. The summed E-state index contributed by atoms with van der Waals surface area (Å²) in [5.41, 5.74) is 2.26. The smallest absolute Gasteiger partial charge is 0.230 e. The van der Waals surface area contributed by atoms with Gasteiger partial charge >= 0.3 is 0 Å². The molecule has 1 heterocycles. The first kappa shape index (κ1) is 11.2. The van der Waals surface area contributed by atoms with Gasteiger partial charge in [-0.1, -0.05) is 0 Å². The number of aliphatic hydroxyl groups excluding tert-OH is 1. The Hall–Kier alpha value is -1.91. The van der Waals surface area contributed by atoms with Gasteiger partial charge in [-0.15, -0.1) is 0 Å². The van der Waals surface area contributed by atoms with Crippen LogP contribution in [0.5, 0.6) is 0 Å². The quantitative estimate of drug-likeness (QED) is 0.800. The molecule has 0 aliphatic heterocycles. The topological polar surface area (TPSA) is 75.1 Å². The Balaban J connectivity index is 1.85. The first-order valence-corrected chi connectivity index (χ1v) is 6.21. The van der Waals surface area contributed by atoms with Crippen molar-refractivity contribution in [3.63, 3.8) is 0 Å². The Morgan fingerprint density at radius 2 is 2.11 bits per heavy atom. The second kappa shape index (κ2) is 4.08. The second-order valence-corrected chi connectivity index (χ2v) is 4.93. The highest BCUT2D eigenvalue weighted by Crippen LogP contribution is 2.34. The van der Waals surface area contributed by atoms with Gasteiger partial charge in [0.05, 0.1) is 0 Å². The molecule has 0 aromatic carbocycles. The number of hydrogen-bond acceptors (Lipinski definition) is 4. The predicted molar refractivity (Wildman–Crippen MR) is 66.9 cm³/mol. The lowest BCUT2D eigenvalue weighted by atomic mass is 10.2. The zero-order chi connectivity index (χ0) is 12.7. The van der Waals surface area contributed by atoms with Crippen LogP contribution >= 0.6 is 0 Å². The molecule has 2 fully saturated rings. The number of carbonyl (C=O) groups excluding carboxylic acids is 1. The van der Waals surface area contributed by atoms with E-state index in [1.165, 1.54) is 0 Å². The van der Waals surface area contributed by atoms with E-state index in [2.05, 4.69) is 15.3 Å². The Kier molecular flexibility index (Phi) is 2.54. The van der Waals surface area contributed by atoms with Crippen molar-refractivity contribution in [2.24, 2.45) is 5.92 Å². The maximum Gasteiger partial charge on any atom is 0.230 e. The van der Waals surface area contributed by atoms with Crippen LogP contribution in [0.2, 0.25) is 0 Å². The number of allylic oxidation sites excluding steroid dienone is 1. The SMILES string of the molecule is Cc1cc(C(O)=C2CC2)nc(NC(=O)C2CC2)n1. The van der Waals surface area contributed by atoms with Gasteiger partial charge in [-0.05, 0) is 44.2 Å². The van der Waals surface area contributed by atoms with Crippen molar-refractivity contribution in [2.75, 3.05) is 5.32 Å². The van der Waals surface area contributed by atoms with E-state index in [0.29, 0.717) is 5.69 Å². The number of carbonyl (C=O) groups is 1. The minimum atomic E-state index is -0.0230. The van der Waals surface area contributed by atoms with Crippen LogP contribution in [-0.2, 0) is 4.79 Å². The monoisotopic (exact) mass is 245 g/mol. The molecule has 18 heavy (non-hydrogen) atoms. The number of amides is 1. The summed E-state index contributed by atoms with van der Waals surface area (Å²) in [5.74, 6) is 0.621. The van der Waals surface area contributed by atoms with Gasteiger partial charge in [0, 0.05) is 11.6 Å². The molecule has 0 bridgehead atoms. The highest BCUT2D eigenvalue weighted by atomic mass is 16.3. The van der Waals surface area contributed by atoms with E-state index in [1.54, 1.807) is 6.07 Å². The molecule has 94 valence electrons. The van der Waals surface area contributed by atoms with E-state index in [4.69, 9.17) is 0 Å². The van der Waals surface area contributed by atoms with Crippen molar-refractivity contribution in [2.45, 2.75) is 32.6 Å². The van der Waals surface area contributed by atoms with E-state index in [0.717, 1.165) is 37.0 Å². The summed E-state index contributed by atoms with van der Waals surface area (Å²) in [6.07, 6.45) is 3.75. The van der Waals surface area contributed by atoms with Gasteiger partial charge in [-0.2, -0.15) is 0 Å². The van der Waals surface area contributed by atoms with Crippen LogP contribution < -0.4 is 5.32 Å². The van der Waals surface area contributed by atoms with Crippen LogP contribution in [0.4, 0.5) is 5.95 Å². The van der Waals surface area contributed by atoms with Crippen molar-refractivity contribution in [1.82, 2.24) is 9.97 Å². The highest BCUT2D eigenvalue weighted by Gasteiger charge is 2.30. The number of nitrogens with one attached hydrogen (secondary N) is 1. The van der Waals surface area contributed by atoms with E-state index in [1.807, 2.05) is 6.92 Å². The fraction of sp³-hybridized carbons (Fsp3) is 0.462. The number of hydrogen-bond donors (Lipinski definition) is 2. The Morgan fingerprint density at radius 1 is 1.39 bits per heavy atom. The first-order valence-electron chi connectivity index (χ1n) is 6.21. The van der Waals surface area contributed by atoms with E-state index >= 15 is 0 Å². The van der Waals surface area contributed by atoms with Gasteiger partial charge in [0.2, 0.25) is 11.9 Å². The third kappa shape index (κ3) is 2.34. The molecule has 0 spiro atoms. The molecule has 5 heteroatoms. The molecular formula is C13H15N3O2. The third-order valence-electron chi connectivity index (χ3n) is 3.11. The fourth-order valence-electron chi connectivity index (χ4n) is 1.78. The standard InChI is InChI=1S/C13H15N3O2/c1-7-6-10(11(17)8-2-3-8)15-13(14-7)16-12(18)9-4-5-9/h6,9,17H,2-5H2,1H3,(H,14,15,16,18). The lowest BCUT2D eigenvalue weighted by molar-refractivity contribution is -0.117. The molecule has 2 aliphatic carbocycles. The molecular weight excluding hydrogens is 230 g/mol. The van der Waals surface area contributed by atoms with Crippen LogP contribution in [0.25, 0.3) is 5.76 Å². The lowest BCUT2D eigenvalue weighted by Gasteiger charge is -2.06. The Bertz CT molecular complexity index is 541. The van der Waals surface area contributed by atoms with Crippen molar-refractivity contribution in [3.8, 4) is 0 Å². The van der Waals surface area contributed by atoms with Gasteiger partial charge in [0.15, 0.2) is 0 Å². The second-order valence-electron chi connectivity index (χ2n) is 4.93. The molecule has 3 rings (SSSR count). The predicted octanol–water partition coefficient (Wildman–Crippen LogP) is 2.20. The molecule has 0 saturated heterocycles. The number of aliphatic hydroxyl groups is 1. The lowest BCUT2D eigenvalue weighted by Crippen LogP contribution is -2.16. The first-order chi connectivity index (χ1) is 8.63. The summed E-state index contributed by atoms with van der Waals surface area (Å²) in [6.45, 7) is 1.82. The van der Waals surface area contributed by atoms with E-state index in [-0.39, 0.29) is 23.5 Å². The number of anilines is 1. The molecule has 5 nitrogen and oxygen atoms in total. The zero-order valence-electron chi connectivity index (χ0n) is 10.2. The van der Waals surface area contributed by atoms with Crippen LogP contribution in [-0.4, -0.2) is 21.0 Å². The normalized spacial score (nSPS) is 17.5. The zero-order valence-corrected chi connectivity index (χ0v) is 10.2. The van der Waals surface area contributed by atoms with E-state index in [9.17, 15) is 9.90 Å². The minimum absolute atomic E-state index is 0.0230. The number of rotatable bonds is 3. The number of aromatic nitrogens is 2. The van der Waals surface area contributed by atoms with Crippen molar-refractivity contribution in [3.05, 3.63) is 23.0 Å². The minimum Gasteiger partial charge on any atom is -0.506 e. The molecule has 1 aromatic heterocycles. The molecule has 2 aliphatic rings. The number of nitrogens with zero attached hydrogens (tertiary/aromatic N) is 2. The van der Waals surface area contributed by atoms with Gasteiger partial charge < -0.3 is 5.11 Å². The molecule has 1 amide bonds. The molecule has 2 N–H and O–H groups in total. The Morgan fingerprint density at radius 3 is 2.72 bits per heavy atom. The van der Waals surface area contributed by atoms with E-state index < -0.39 is 0 Å². The highest BCUT2D eigenvalue weighted by molar-refractivity contribution is 5.92. The van der Waals surface area contributed by atoms with Crippen LogP contribution in [0.15, 0.2) is 11.6 Å². The van der Waals surface area contributed by atoms with Crippen LogP contribution in [0.3, 0.4) is 0 Å². The molecule has 2 saturated carbocycles. The van der Waals surface area contributed by atoms with Gasteiger partial charge in [0.1, 0.15) is 11.5 Å². The molecule has 0 atom stereocenters. The summed E-state index contributed by atoms with van der Waals surface area (Å²) < 4.78 is 0. The van der Waals surface area contributed by atoms with Crippen LogP contribution in [0, 0.1) is 12.8 Å². The van der Waals surface area contributed by atoms with Crippen molar-refractivity contribution < 1.29 is 9.90 Å². The summed E-state index contributed by atoms with van der Waals surface area (Å²) in [7, 11) is 0. The van der Waals surface area contributed by atoms with Gasteiger partial charge in [-0.25, -0.2) is 9.97 Å². The maximum atomic E-state index is 11.6. The average Bonchev–Trinajstić information content (AvgIpc) is 3.17. The summed E-state index contributed by atoms with van der Waals surface area (Å²) in [4.78, 5) is 20.0. The summed E-state index contributed by atoms with van der Waals surface area (Å²) in [5, 5.41) is 12.6. The Labute approximate surface area is 105 Å². The largest absolute Gasteiger partial charge is 0.506 e. The van der Waals surface area contributed by atoms with Crippen LogP contribution in [0.1, 0.15) is 37.1 Å². The number of aryl methyl sites for hydroxylation is 1. The molecule has 0 radical (unpaired) electrons. The molecule has 0 unspecified atom stereocenters. The maximum absolute atomic E-state index is 11.6. The van der Waals surface area contributed by atoms with Gasteiger partial charge in [0.25, 0.3) is 0 Å². The summed E-state index contributed by atoms with van der Waals surface area (Å²) >= 11 is 0. The third-order valence-corrected chi connectivity index (χ3v) is 3.11. The van der Waals surface area contributed by atoms with Crippen molar-refractivity contribution in [1.29, 1.82) is 0 Å². The summed E-state index contributed by atoms with van der Waals surface area (Å²) in [6, 6.07) is 1.73. The van der Waals surface area contributed by atoms with Gasteiger partial charge in [-0.3, -0.25) is 10.1 Å².